The van der Waals surface area contributed by atoms with Crippen LogP contribution in [0.3, 0.4) is 0 Å². The lowest BCUT2D eigenvalue weighted by molar-refractivity contribution is 0.549. The van der Waals surface area contributed by atoms with Gasteiger partial charge in [-0.25, -0.2) is 9.97 Å². The molecule has 66 valence electrons. The Morgan fingerprint density at radius 2 is 1.92 bits per heavy atom. The van der Waals surface area contributed by atoms with Crippen molar-refractivity contribution in [2.24, 2.45) is 0 Å². The Bertz CT molecular complexity index is 364. The Morgan fingerprint density at radius 1 is 1.42 bits per heavy atom. The predicted octanol–water partition coefficient (Wildman–Crippen LogP) is 1.04. The maximum Gasteiger partial charge on any atom is 0.309 e. The molecule has 0 saturated carbocycles. The van der Waals surface area contributed by atoms with Gasteiger partial charge in [0.05, 0.1) is 4.47 Å². The van der Waals surface area contributed by atoms with E-state index in [4.69, 9.17) is 0 Å². The van der Waals surface area contributed by atoms with Crippen molar-refractivity contribution in [1.29, 1.82) is 0 Å². The highest BCUT2D eigenvalue weighted by Gasteiger charge is 2.10. The average Bonchev–Trinajstić information content (AvgIpc) is 1.91. The predicted molar refractivity (Wildman–Crippen MR) is 43.5 cm³/mol. The summed E-state index contributed by atoms with van der Waals surface area (Å²) < 4.78 is 32.9. The van der Waals surface area contributed by atoms with Gasteiger partial charge in [-0.1, -0.05) is 0 Å². The van der Waals surface area contributed by atoms with Crippen LogP contribution in [0.4, 0.5) is 3.89 Å². The molecule has 0 aliphatic carbocycles. The van der Waals surface area contributed by atoms with Crippen molar-refractivity contribution in [3.05, 3.63) is 22.7 Å². The first-order valence-corrected chi connectivity index (χ1v) is 5.21. The van der Waals surface area contributed by atoms with Gasteiger partial charge < -0.3 is 0 Å². The van der Waals surface area contributed by atoms with E-state index in [1.165, 1.54) is 12.4 Å². The molecule has 0 spiro atoms. The second-order valence-corrected chi connectivity index (χ2v) is 4.28. The van der Waals surface area contributed by atoms with Gasteiger partial charge in [0.25, 0.3) is 0 Å². The minimum absolute atomic E-state index is 0.0549. The van der Waals surface area contributed by atoms with Crippen LogP contribution in [0, 0.1) is 0 Å². The van der Waals surface area contributed by atoms with Gasteiger partial charge in [-0.2, -0.15) is 8.42 Å². The molecule has 0 atom stereocenters. The zero-order valence-corrected chi connectivity index (χ0v) is 8.14. The summed E-state index contributed by atoms with van der Waals surface area (Å²) in [6.07, 6.45) is 2.71. The number of halogens is 2. The summed E-state index contributed by atoms with van der Waals surface area (Å²) >= 11 is 3.06. The summed E-state index contributed by atoms with van der Waals surface area (Å²) in [6.45, 7) is 0. The lowest BCUT2D eigenvalue weighted by atomic mass is 10.6. The first kappa shape index (κ1) is 9.53. The third-order valence-electron chi connectivity index (χ3n) is 0.975. The Hall–Kier alpha value is -0.560. The van der Waals surface area contributed by atoms with E-state index in [2.05, 4.69) is 25.9 Å². The van der Waals surface area contributed by atoms with Crippen molar-refractivity contribution in [1.82, 2.24) is 9.97 Å². The van der Waals surface area contributed by atoms with Crippen LogP contribution in [0.1, 0.15) is 5.82 Å². The minimum atomic E-state index is -4.53. The summed E-state index contributed by atoms with van der Waals surface area (Å²) in [7, 11) is -4.53. The molecule has 0 saturated heterocycles. The van der Waals surface area contributed by atoms with Crippen molar-refractivity contribution < 1.29 is 12.3 Å². The van der Waals surface area contributed by atoms with Gasteiger partial charge in [0.15, 0.2) is 0 Å². The Morgan fingerprint density at radius 3 is 2.33 bits per heavy atom. The second-order valence-electron chi connectivity index (χ2n) is 2.00. The first-order chi connectivity index (χ1) is 5.47. The molecule has 1 heterocycles. The third-order valence-corrected chi connectivity index (χ3v) is 1.99. The van der Waals surface area contributed by atoms with Crippen molar-refractivity contribution in [2.75, 3.05) is 0 Å². The highest BCUT2D eigenvalue weighted by atomic mass is 79.9. The van der Waals surface area contributed by atoms with Crippen molar-refractivity contribution in [3.63, 3.8) is 0 Å². The maximum atomic E-state index is 12.1. The molecule has 0 radical (unpaired) electrons. The molecule has 0 aliphatic heterocycles. The molecule has 0 bridgehead atoms. The van der Waals surface area contributed by atoms with E-state index in [9.17, 15) is 12.3 Å². The van der Waals surface area contributed by atoms with E-state index in [-0.39, 0.29) is 5.82 Å². The molecule has 0 aromatic carbocycles. The molecule has 4 nitrogen and oxygen atoms in total. The van der Waals surface area contributed by atoms with Gasteiger partial charge >= 0.3 is 10.2 Å². The number of hydrogen-bond donors (Lipinski definition) is 0. The van der Waals surface area contributed by atoms with Crippen molar-refractivity contribution in [3.8, 4) is 0 Å². The molecule has 12 heavy (non-hydrogen) atoms. The smallest absolute Gasteiger partial charge is 0.239 e. The molecule has 0 aliphatic rings. The van der Waals surface area contributed by atoms with Crippen LogP contribution < -0.4 is 0 Å². The fraction of sp³-hybridized carbons (Fsp3) is 0.200. The standard InChI is InChI=1S/C5H4BrFN2O2S/c6-4-1-8-5(9-2-4)3-12(7,10)11/h1-2H,3H2. The summed E-state index contributed by atoms with van der Waals surface area (Å²) in [4.78, 5) is 7.17. The largest absolute Gasteiger partial charge is 0.309 e. The van der Waals surface area contributed by atoms with E-state index in [1.807, 2.05) is 0 Å². The second kappa shape index (κ2) is 3.44. The van der Waals surface area contributed by atoms with Crippen LogP contribution in [0.2, 0.25) is 0 Å². The Balaban J connectivity index is 2.85. The van der Waals surface area contributed by atoms with E-state index < -0.39 is 16.0 Å². The highest BCUT2D eigenvalue weighted by molar-refractivity contribution is 9.10. The topological polar surface area (TPSA) is 59.9 Å². The van der Waals surface area contributed by atoms with Gasteiger partial charge in [0.2, 0.25) is 0 Å². The SMILES string of the molecule is O=S(=O)(F)Cc1ncc(Br)cn1. The normalized spacial score (nSPS) is 11.5. The fourth-order valence-electron chi connectivity index (χ4n) is 0.568. The Labute approximate surface area is 77.2 Å². The summed E-state index contributed by atoms with van der Waals surface area (Å²) in [5.74, 6) is -0.832. The van der Waals surface area contributed by atoms with Crippen molar-refractivity contribution in [2.45, 2.75) is 5.75 Å². The maximum absolute atomic E-state index is 12.1. The number of rotatable bonds is 2. The quantitative estimate of drug-likeness (QED) is 0.741. The monoisotopic (exact) mass is 254 g/mol. The Kier molecular flexibility index (Phi) is 2.73. The van der Waals surface area contributed by atoms with Crippen molar-refractivity contribution >= 4 is 26.2 Å². The zero-order chi connectivity index (χ0) is 9.19. The summed E-state index contributed by atoms with van der Waals surface area (Å²) in [5, 5.41) is 0. The van der Waals surface area contributed by atoms with Crippen LogP contribution in [-0.4, -0.2) is 18.4 Å². The van der Waals surface area contributed by atoms with Gasteiger partial charge in [-0.15, -0.1) is 3.89 Å². The lowest BCUT2D eigenvalue weighted by Gasteiger charge is -1.94. The number of nitrogens with zero attached hydrogens (tertiary/aromatic N) is 2. The zero-order valence-electron chi connectivity index (χ0n) is 5.74. The van der Waals surface area contributed by atoms with E-state index in [0.717, 1.165) is 0 Å². The minimum Gasteiger partial charge on any atom is -0.239 e. The summed E-state index contributed by atoms with van der Waals surface area (Å²) in [6, 6.07) is 0. The lowest BCUT2D eigenvalue weighted by Crippen LogP contribution is -2.01. The van der Waals surface area contributed by atoms with E-state index >= 15 is 0 Å². The van der Waals surface area contributed by atoms with E-state index in [0.29, 0.717) is 4.47 Å². The molecule has 0 N–H and O–H groups in total. The molecular formula is C5H4BrFN2O2S. The molecule has 1 aromatic heterocycles. The van der Waals surface area contributed by atoms with Crippen LogP contribution in [-0.2, 0) is 16.0 Å². The molecule has 0 amide bonds. The molecule has 1 aromatic rings. The van der Waals surface area contributed by atoms with Gasteiger partial charge in [0.1, 0.15) is 11.6 Å². The average molecular weight is 255 g/mol. The van der Waals surface area contributed by atoms with Crippen LogP contribution in [0.15, 0.2) is 16.9 Å². The molecular weight excluding hydrogens is 251 g/mol. The molecule has 7 heteroatoms. The first-order valence-electron chi connectivity index (χ1n) is 2.86. The van der Waals surface area contributed by atoms with Crippen LogP contribution >= 0.6 is 15.9 Å². The van der Waals surface area contributed by atoms with Gasteiger partial charge in [0, 0.05) is 12.4 Å². The molecule has 0 unspecified atom stereocenters. The molecule has 0 fully saturated rings. The fourth-order valence-corrected chi connectivity index (χ4v) is 1.23. The third kappa shape index (κ3) is 3.22. The van der Waals surface area contributed by atoms with Crippen LogP contribution in [0.5, 0.6) is 0 Å². The number of hydrogen-bond acceptors (Lipinski definition) is 4. The van der Waals surface area contributed by atoms with Gasteiger partial charge in [-0.3, -0.25) is 0 Å². The molecule has 1 rings (SSSR count). The van der Waals surface area contributed by atoms with Crippen LogP contribution in [0.25, 0.3) is 0 Å². The van der Waals surface area contributed by atoms with Gasteiger partial charge in [-0.05, 0) is 15.9 Å². The summed E-state index contributed by atoms with van der Waals surface area (Å²) in [5.41, 5.74) is 0. The van der Waals surface area contributed by atoms with E-state index in [1.54, 1.807) is 0 Å². The number of aromatic nitrogens is 2. The highest BCUT2D eigenvalue weighted by Crippen LogP contribution is 2.06.